The van der Waals surface area contributed by atoms with Gasteiger partial charge in [-0.15, -0.1) is 0 Å². The van der Waals surface area contributed by atoms with Gasteiger partial charge in [-0.3, -0.25) is 0 Å². The Labute approximate surface area is 106 Å². The van der Waals surface area contributed by atoms with Gasteiger partial charge in [0.25, 0.3) is 0 Å². The van der Waals surface area contributed by atoms with Crippen LogP contribution in [-0.4, -0.2) is 61.3 Å². The Bertz CT molecular complexity index is 288. The number of carbonyl (C=O) groups is 4. The standard InChI is InChI=1S/2C4H4O4.CH4O2/c2*5-3(6)1-2-4(7)8;2-1-3/h2*1-2H,(H,5,6)(H,7,8);2-3H,1H2. The quantitative estimate of drug-likeness (QED) is 0.257. The lowest BCUT2D eigenvalue weighted by Gasteiger charge is -1.74. The summed E-state index contributed by atoms with van der Waals surface area (Å²) in [5.41, 5.74) is 0. The van der Waals surface area contributed by atoms with Crippen LogP contribution < -0.4 is 0 Å². The van der Waals surface area contributed by atoms with E-state index in [9.17, 15) is 19.2 Å². The van der Waals surface area contributed by atoms with Crippen LogP contribution in [0, 0.1) is 0 Å². The molecule has 0 rings (SSSR count). The Hall–Kier alpha value is -2.72. The van der Waals surface area contributed by atoms with Gasteiger partial charge < -0.3 is 30.6 Å². The number of rotatable bonds is 4. The Kier molecular flexibility index (Phi) is 17.3. The fourth-order valence-corrected chi connectivity index (χ4v) is 0.285. The Morgan fingerprint density at radius 1 is 0.579 bits per heavy atom. The first kappa shape index (κ1) is 21.6. The smallest absolute Gasteiger partial charge is 0.328 e. The van der Waals surface area contributed by atoms with Crippen LogP contribution in [0.3, 0.4) is 0 Å². The minimum Gasteiger partial charge on any atom is -0.478 e. The summed E-state index contributed by atoms with van der Waals surface area (Å²) in [5.74, 6) is -5.03. The molecule has 0 spiro atoms. The summed E-state index contributed by atoms with van der Waals surface area (Å²) < 4.78 is 0. The fourth-order valence-electron chi connectivity index (χ4n) is 0.285. The average Bonchev–Trinajstić information content (AvgIpc) is 2.25. The highest BCUT2D eigenvalue weighted by Crippen LogP contribution is 1.71. The second kappa shape index (κ2) is 15.3. The van der Waals surface area contributed by atoms with Crippen LogP contribution in [0.15, 0.2) is 24.3 Å². The molecule has 10 nitrogen and oxygen atoms in total. The highest BCUT2D eigenvalue weighted by Gasteiger charge is 1.88. The largest absolute Gasteiger partial charge is 0.478 e. The third kappa shape index (κ3) is 50.8. The van der Waals surface area contributed by atoms with Crippen molar-refractivity contribution in [1.82, 2.24) is 0 Å². The van der Waals surface area contributed by atoms with Gasteiger partial charge in [0.15, 0.2) is 0 Å². The Morgan fingerprint density at radius 3 is 0.737 bits per heavy atom. The molecule has 10 heteroatoms. The molecule has 0 aliphatic carbocycles. The number of hydrogen-bond donors (Lipinski definition) is 6. The van der Waals surface area contributed by atoms with Crippen LogP contribution in [0.2, 0.25) is 0 Å². The first-order valence-electron chi connectivity index (χ1n) is 4.16. The summed E-state index contributed by atoms with van der Waals surface area (Å²) in [6, 6.07) is 0. The van der Waals surface area contributed by atoms with Gasteiger partial charge in [-0.1, -0.05) is 0 Å². The lowest BCUT2D eigenvalue weighted by atomic mass is 10.5. The summed E-state index contributed by atoms with van der Waals surface area (Å²) in [5, 5.41) is 45.5. The predicted molar refractivity (Wildman–Crippen MR) is 58.1 cm³/mol. The second-order valence-electron chi connectivity index (χ2n) is 2.16. The number of carboxylic acid groups (broad SMARTS) is 4. The Morgan fingerprint density at radius 2 is 0.684 bits per heavy atom. The second-order valence-corrected chi connectivity index (χ2v) is 2.16. The zero-order valence-electron chi connectivity index (χ0n) is 9.33. The highest BCUT2D eigenvalue weighted by atomic mass is 16.5. The van der Waals surface area contributed by atoms with E-state index in [0.29, 0.717) is 24.3 Å². The SMILES string of the molecule is O=C(O)C=CC(=O)O.O=C(O)C=CC(=O)O.OCO. The number of aliphatic carboxylic acids is 4. The first-order valence-corrected chi connectivity index (χ1v) is 4.16. The lowest BCUT2D eigenvalue weighted by molar-refractivity contribution is -0.134. The normalized spacial score (nSPS) is 8.95. The van der Waals surface area contributed by atoms with E-state index >= 15 is 0 Å². The summed E-state index contributed by atoms with van der Waals surface area (Å²) in [4.78, 5) is 38.2. The first-order chi connectivity index (χ1) is 8.67. The minimum absolute atomic E-state index is 0.558. The molecule has 0 saturated heterocycles. The van der Waals surface area contributed by atoms with Crippen LogP contribution in [0.4, 0.5) is 0 Å². The average molecular weight is 280 g/mol. The maximum atomic E-state index is 9.55. The van der Waals surface area contributed by atoms with Gasteiger partial charge >= 0.3 is 23.9 Å². The van der Waals surface area contributed by atoms with Crippen LogP contribution in [0.1, 0.15) is 0 Å². The van der Waals surface area contributed by atoms with Crippen molar-refractivity contribution in [3.8, 4) is 0 Å². The van der Waals surface area contributed by atoms with Gasteiger partial charge in [0, 0.05) is 24.3 Å². The van der Waals surface area contributed by atoms with E-state index in [4.69, 9.17) is 30.6 Å². The molecule has 0 aliphatic heterocycles. The summed E-state index contributed by atoms with van der Waals surface area (Å²) in [6.07, 6.45) is 2.23. The molecule has 0 aliphatic rings. The molecule has 0 amide bonds. The third-order valence-corrected chi connectivity index (χ3v) is 0.737. The molecule has 6 N–H and O–H groups in total. The van der Waals surface area contributed by atoms with Gasteiger partial charge in [-0.05, 0) is 0 Å². The molecule has 0 aromatic carbocycles. The molecule has 19 heavy (non-hydrogen) atoms. The van der Waals surface area contributed by atoms with Crippen molar-refractivity contribution >= 4 is 23.9 Å². The molecule has 0 radical (unpaired) electrons. The van der Waals surface area contributed by atoms with Crippen LogP contribution in [-0.2, 0) is 19.2 Å². The predicted octanol–water partition coefficient (Wildman–Crippen LogP) is -1.65. The van der Waals surface area contributed by atoms with E-state index in [1.807, 2.05) is 0 Å². The molecular weight excluding hydrogens is 268 g/mol. The molecule has 0 aromatic rings. The van der Waals surface area contributed by atoms with Crippen molar-refractivity contribution in [3.05, 3.63) is 24.3 Å². The molecular formula is C9H12O10. The summed E-state index contributed by atoms with van der Waals surface area (Å²) in [7, 11) is 0. The molecule has 0 heterocycles. The third-order valence-electron chi connectivity index (χ3n) is 0.737. The van der Waals surface area contributed by atoms with Gasteiger partial charge in [-0.25, -0.2) is 19.2 Å². The van der Waals surface area contributed by atoms with Crippen LogP contribution >= 0.6 is 0 Å². The zero-order chi connectivity index (χ0) is 15.8. The van der Waals surface area contributed by atoms with Crippen molar-refractivity contribution in [2.45, 2.75) is 0 Å². The zero-order valence-corrected chi connectivity index (χ0v) is 9.33. The van der Waals surface area contributed by atoms with Crippen molar-refractivity contribution in [3.63, 3.8) is 0 Å². The summed E-state index contributed by atoms with van der Waals surface area (Å²) >= 11 is 0. The maximum absolute atomic E-state index is 9.55. The summed E-state index contributed by atoms with van der Waals surface area (Å²) in [6.45, 7) is -0.750. The van der Waals surface area contributed by atoms with Crippen molar-refractivity contribution in [2.24, 2.45) is 0 Å². The van der Waals surface area contributed by atoms with Crippen molar-refractivity contribution in [2.75, 3.05) is 6.79 Å². The van der Waals surface area contributed by atoms with Crippen LogP contribution in [0.5, 0.6) is 0 Å². The van der Waals surface area contributed by atoms with E-state index in [1.165, 1.54) is 0 Å². The molecule has 0 unspecified atom stereocenters. The van der Waals surface area contributed by atoms with Crippen LogP contribution in [0.25, 0.3) is 0 Å². The topological polar surface area (TPSA) is 190 Å². The number of aliphatic hydroxyl groups excluding tert-OH is 1. The van der Waals surface area contributed by atoms with E-state index < -0.39 is 30.7 Å². The maximum Gasteiger partial charge on any atom is 0.328 e. The van der Waals surface area contributed by atoms with Crippen molar-refractivity contribution in [1.29, 1.82) is 0 Å². The van der Waals surface area contributed by atoms with Gasteiger partial charge in [-0.2, -0.15) is 0 Å². The molecule has 0 aromatic heterocycles. The number of hydrogen-bond acceptors (Lipinski definition) is 6. The molecule has 108 valence electrons. The van der Waals surface area contributed by atoms with Gasteiger partial charge in [0.05, 0.1) is 0 Å². The fraction of sp³-hybridized carbons (Fsp3) is 0.111. The van der Waals surface area contributed by atoms with E-state index in [2.05, 4.69) is 0 Å². The lowest BCUT2D eigenvalue weighted by Crippen LogP contribution is -1.91. The van der Waals surface area contributed by atoms with Gasteiger partial charge in [0.2, 0.25) is 0 Å². The molecule has 0 fully saturated rings. The molecule has 0 bridgehead atoms. The Balaban J connectivity index is -0.000000224. The monoisotopic (exact) mass is 280 g/mol. The minimum atomic E-state index is -1.26. The van der Waals surface area contributed by atoms with E-state index in [1.54, 1.807) is 0 Å². The molecule has 0 atom stereocenters. The van der Waals surface area contributed by atoms with E-state index in [-0.39, 0.29) is 0 Å². The van der Waals surface area contributed by atoms with Crippen molar-refractivity contribution < 1.29 is 49.8 Å². The van der Waals surface area contributed by atoms with E-state index in [0.717, 1.165) is 0 Å². The molecule has 0 saturated carbocycles. The number of carboxylic acids is 4. The number of aliphatic hydroxyl groups is 2. The van der Waals surface area contributed by atoms with Gasteiger partial charge in [0.1, 0.15) is 6.79 Å². The highest BCUT2D eigenvalue weighted by molar-refractivity contribution is 5.90.